The van der Waals surface area contributed by atoms with Gasteiger partial charge in [0.25, 0.3) is 11.8 Å². The molecule has 100 valence electrons. The third kappa shape index (κ3) is 4.07. The highest BCUT2D eigenvalue weighted by Crippen LogP contribution is 2.10. The van der Waals surface area contributed by atoms with Crippen molar-refractivity contribution >= 4 is 29.5 Å². The molecule has 0 aliphatic carbocycles. The summed E-state index contributed by atoms with van der Waals surface area (Å²) in [6, 6.07) is 15.6. The van der Waals surface area contributed by atoms with Crippen LogP contribution in [0.1, 0.15) is 15.9 Å². The molecule has 0 spiro atoms. The number of amides is 2. The van der Waals surface area contributed by atoms with Crippen LogP contribution in [0, 0.1) is 0 Å². The van der Waals surface area contributed by atoms with Crippen molar-refractivity contribution in [1.29, 1.82) is 0 Å². The van der Waals surface area contributed by atoms with E-state index in [0.717, 1.165) is 5.56 Å². The van der Waals surface area contributed by atoms with Gasteiger partial charge in [-0.05, 0) is 35.9 Å². The minimum atomic E-state index is -0.464. The lowest BCUT2D eigenvalue weighted by Crippen LogP contribution is -2.28. The zero-order chi connectivity index (χ0) is 14.4. The van der Waals surface area contributed by atoms with Crippen LogP contribution in [-0.4, -0.2) is 11.8 Å². The average Bonchev–Trinajstić information content (AvgIpc) is 2.47. The molecule has 0 saturated carbocycles. The van der Waals surface area contributed by atoms with Crippen LogP contribution in [0.25, 0.3) is 6.08 Å². The Bertz CT molecular complexity index is 633. The van der Waals surface area contributed by atoms with Crippen molar-refractivity contribution in [2.45, 2.75) is 0 Å². The Hall–Kier alpha value is -2.39. The molecule has 0 heterocycles. The van der Waals surface area contributed by atoms with E-state index in [1.807, 2.05) is 0 Å². The highest BCUT2D eigenvalue weighted by atomic mass is 35.5. The lowest BCUT2D eigenvalue weighted by molar-refractivity contribution is -0.115. The SMILES string of the molecule is O=C(C=Cc1ccc(Cl)cc1)NC(=O)c1ccccc1. The minimum Gasteiger partial charge on any atom is -0.289 e. The third-order valence-corrected chi connectivity index (χ3v) is 2.82. The fourth-order valence-electron chi connectivity index (χ4n) is 1.56. The lowest BCUT2D eigenvalue weighted by atomic mass is 10.2. The Morgan fingerprint density at radius 3 is 2.25 bits per heavy atom. The summed E-state index contributed by atoms with van der Waals surface area (Å²) >= 11 is 5.76. The second kappa shape index (κ2) is 6.68. The first-order chi connectivity index (χ1) is 9.65. The quantitative estimate of drug-likeness (QED) is 0.880. The Balaban J connectivity index is 1.96. The van der Waals surface area contributed by atoms with Gasteiger partial charge in [0, 0.05) is 16.7 Å². The van der Waals surface area contributed by atoms with Crippen molar-refractivity contribution in [2.75, 3.05) is 0 Å². The number of hydrogen-bond donors (Lipinski definition) is 1. The van der Waals surface area contributed by atoms with E-state index in [1.54, 1.807) is 60.7 Å². The first-order valence-corrected chi connectivity index (χ1v) is 6.37. The first kappa shape index (κ1) is 14.0. The van der Waals surface area contributed by atoms with Crippen LogP contribution in [0.15, 0.2) is 60.7 Å². The van der Waals surface area contributed by atoms with E-state index in [2.05, 4.69) is 5.32 Å². The van der Waals surface area contributed by atoms with E-state index in [-0.39, 0.29) is 0 Å². The van der Waals surface area contributed by atoms with E-state index in [4.69, 9.17) is 11.6 Å². The molecule has 4 heteroatoms. The first-order valence-electron chi connectivity index (χ1n) is 5.99. The van der Waals surface area contributed by atoms with Crippen LogP contribution in [0.2, 0.25) is 5.02 Å². The summed E-state index contributed by atoms with van der Waals surface area (Å²) in [5, 5.41) is 2.92. The topological polar surface area (TPSA) is 46.2 Å². The van der Waals surface area contributed by atoms with Crippen molar-refractivity contribution in [3.63, 3.8) is 0 Å². The van der Waals surface area contributed by atoms with E-state index >= 15 is 0 Å². The van der Waals surface area contributed by atoms with E-state index in [1.165, 1.54) is 6.08 Å². The van der Waals surface area contributed by atoms with Gasteiger partial charge in [0.1, 0.15) is 0 Å². The van der Waals surface area contributed by atoms with Crippen molar-refractivity contribution in [3.8, 4) is 0 Å². The summed E-state index contributed by atoms with van der Waals surface area (Å²) in [5.41, 5.74) is 1.28. The number of imide groups is 1. The van der Waals surface area contributed by atoms with E-state index in [0.29, 0.717) is 10.6 Å². The van der Waals surface area contributed by atoms with Gasteiger partial charge in [0.2, 0.25) is 0 Å². The maximum atomic E-state index is 11.7. The third-order valence-electron chi connectivity index (χ3n) is 2.57. The molecule has 2 amide bonds. The summed E-state index contributed by atoms with van der Waals surface area (Å²) in [6.45, 7) is 0. The zero-order valence-electron chi connectivity index (χ0n) is 10.5. The van der Waals surface area contributed by atoms with Gasteiger partial charge in [-0.2, -0.15) is 0 Å². The molecule has 3 nitrogen and oxygen atoms in total. The molecular weight excluding hydrogens is 274 g/mol. The fourth-order valence-corrected chi connectivity index (χ4v) is 1.69. The van der Waals surface area contributed by atoms with Crippen molar-refractivity contribution < 1.29 is 9.59 Å². The number of halogens is 1. The van der Waals surface area contributed by atoms with Gasteiger partial charge >= 0.3 is 0 Å². The maximum absolute atomic E-state index is 11.7. The number of rotatable bonds is 3. The predicted octanol–water partition coefficient (Wildman–Crippen LogP) is 3.31. The van der Waals surface area contributed by atoms with Gasteiger partial charge in [-0.15, -0.1) is 0 Å². The van der Waals surface area contributed by atoms with E-state index in [9.17, 15) is 9.59 Å². The highest BCUT2D eigenvalue weighted by Gasteiger charge is 2.06. The lowest BCUT2D eigenvalue weighted by Gasteiger charge is -2.00. The number of hydrogen-bond acceptors (Lipinski definition) is 2. The standard InChI is InChI=1S/C16H12ClNO2/c17-14-9-6-12(7-10-14)8-11-15(19)18-16(20)13-4-2-1-3-5-13/h1-11H,(H,18,19,20). The van der Waals surface area contributed by atoms with Crippen LogP contribution in [-0.2, 0) is 4.79 Å². The number of nitrogens with one attached hydrogen (secondary N) is 1. The Morgan fingerprint density at radius 1 is 0.950 bits per heavy atom. The van der Waals surface area contributed by atoms with Crippen LogP contribution in [0.3, 0.4) is 0 Å². The molecule has 2 rings (SSSR count). The molecule has 0 aliphatic heterocycles. The molecule has 20 heavy (non-hydrogen) atoms. The second-order valence-corrected chi connectivity index (χ2v) is 4.51. The molecule has 0 aliphatic rings. The molecule has 0 bridgehead atoms. The van der Waals surface area contributed by atoms with Gasteiger partial charge < -0.3 is 0 Å². The molecule has 0 saturated heterocycles. The number of carbonyl (C=O) groups is 2. The summed E-state index contributed by atoms with van der Waals surface area (Å²) in [4.78, 5) is 23.4. The predicted molar refractivity (Wildman–Crippen MR) is 79.4 cm³/mol. The van der Waals surface area contributed by atoms with Crippen LogP contribution >= 0.6 is 11.6 Å². The molecule has 2 aromatic carbocycles. The Kier molecular flexibility index (Phi) is 4.69. The normalized spacial score (nSPS) is 10.4. The van der Waals surface area contributed by atoms with Gasteiger partial charge in [-0.3, -0.25) is 14.9 Å². The largest absolute Gasteiger partial charge is 0.289 e. The van der Waals surface area contributed by atoms with Crippen LogP contribution in [0.4, 0.5) is 0 Å². The molecule has 0 radical (unpaired) electrons. The Labute approximate surface area is 121 Å². The zero-order valence-corrected chi connectivity index (χ0v) is 11.3. The maximum Gasteiger partial charge on any atom is 0.258 e. The summed E-state index contributed by atoms with van der Waals surface area (Å²) in [7, 11) is 0. The van der Waals surface area contributed by atoms with Gasteiger partial charge in [0.15, 0.2) is 0 Å². The molecular formula is C16H12ClNO2. The Morgan fingerprint density at radius 2 is 1.60 bits per heavy atom. The highest BCUT2D eigenvalue weighted by molar-refractivity contribution is 6.30. The number of carbonyl (C=O) groups excluding carboxylic acids is 2. The molecule has 0 unspecified atom stereocenters. The molecule has 0 aromatic heterocycles. The van der Waals surface area contributed by atoms with E-state index < -0.39 is 11.8 Å². The fraction of sp³-hybridized carbons (Fsp3) is 0. The van der Waals surface area contributed by atoms with Crippen molar-refractivity contribution in [1.82, 2.24) is 5.32 Å². The van der Waals surface area contributed by atoms with Gasteiger partial charge in [-0.25, -0.2) is 0 Å². The van der Waals surface area contributed by atoms with Gasteiger partial charge in [0.05, 0.1) is 0 Å². The smallest absolute Gasteiger partial charge is 0.258 e. The molecule has 0 fully saturated rings. The molecule has 1 N–H and O–H groups in total. The molecule has 0 atom stereocenters. The summed E-state index contributed by atoms with van der Waals surface area (Å²) in [6.07, 6.45) is 2.92. The van der Waals surface area contributed by atoms with Crippen molar-refractivity contribution in [2.24, 2.45) is 0 Å². The van der Waals surface area contributed by atoms with Gasteiger partial charge in [-0.1, -0.05) is 41.9 Å². The monoisotopic (exact) mass is 285 g/mol. The van der Waals surface area contributed by atoms with Crippen LogP contribution < -0.4 is 5.32 Å². The summed E-state index contributed by atoms with van der Waals surface area (Å²) < 4.78 is 0. The number of benzene rings is 2. The molecule has 2 aromatic rings. The minimum absolute atomic E-state index is 0.420. The van der Waals surface area contributed by atoms with Crippen molar-refractivity contribution in [3.05, 3.63) is 76.8 Å². The summed E-state index contributed by atoms with van der Waals surface area (Å²) in [5.74, 6) is -0.884. The second-order valence-electron chi connectivity index (χ2n) is 4.07. The van der Waals surface area contributed by atoms with Crippen LogP contribution in [0.5, 0.6) is 0 Å². The average molecular weight is 286 g/mol.